The number of nitrogens with two attached hydrogens (primary N) is 2. The van der Waals surface area contributed by atoms with E-state index in [1.54, 1.807) is 0 Å². The SMILES string of the molecule is CC(C)Cc1nc(C(C)C)n(N)c1N. The average Bonchev–Trinajstić information content (AvgIpc) is 2.32. The van der Waals surface area contributed by atoms with Gasteiger partial charge in [0.25, 0.3) is 0 Å². The topological polar surface area (TPSA) is 69.9 Å². The van der Waals surface area contributed by atoms with Crippen molar-refractivity contribution >= 4 is 5.82 Å². The van der Waals surface area contributed by atoms with Crippen LogP contribution in [-0.4, -0.2) is 9.66 Å². The first kappa shape index (κ1) is 10.9. The van der Waals surface area contributed by atoms with E-state index < -0.39 is 0 Å². The molecular weight excluding hydrogens is 176 g/mol. The van der Waals surface area contributed by atoms with Crippen molar-refractivity contribution in [2.75, 3.05) is 11.6 Å². The number of nitrogen functional groups attached to an aromatic ring is 2. The molecular formula is C10H20N4. The van der Waals surface area contributed by atoms with Gasteiger partial charge in [-0.3, -0.25) is 0 Å². The van der Waals surface area contributed by atoms with Crippen LogP contribution >= 0.6 is 0 Å². The molecule has 4 N–H and O–H groups in total. The van der Waals surface area contributed by atoms with Crippen LogP contribution in [0.4, 0.5) is 5.82 Å². The molecule has 14 heavy (non-hydrogen) atoms. The predicted octanol–water partition coefficient (Wildman–Crippen LogP) is 1.50. The molecule has 0 saturated heterocycles. The minimum atomic E-state index is 0.309. The van der Waals surface area contributed by atoms with Gasteiger partial charge in [0.2, 0.25) is 0 Å². The first-order valence-electron chi connectivity index (χ1n) is 5.05. The monoisotopic (exact) mass is 196 g/mol. The molecule has 80 valence electrons. The summed E-state index contributed by atoms with van der Waals surface area (Å²) in [5.74, 6) is 8.12. The summed E-state index contributed by atoms with van der Waals surface area (Å²) in [7, 11) is 0. The van der Waals surface area contributed by atoms with Gasteiger partial charge in [0.1, 0.15) is 11.6 Å². The molecule has 0 atom stereocenters. The Kier molecular flexibility index (Phi) is 3.03. The molecule has 4 heteroatoms. The van der Waals surface area contributed by atoms with Gasteiger partial charge in [0.15, 0.2) is 0 Å². The Morgan fingerprint density at radius 2 is 1.86 bits per heavy atom. The van der Waals surface area contributed by atoms with Crippen LogP contribution in [0.1, 0.15) is 45.1 Å². The van der Waals surface area contributed by atoms with Crippen molar-refractivity contribution in [2.24, 2.45) is 5.92 Å². The molecule has 0 bridgehead atoms. The van der Waals surface area contributed by atoms with Crippen molar-refractivity contribution in [1.29, 1.82) is 0 Å². The van der Waals surface area contributed by atoms with E-state index in [9.17, 15) is 0 Å². The summed E-state index contributed by atoms with van der Waals surface area (Å²) in [5.41, 5.74) is 6.79. The first-order chi connectivity index (χ1) is 6.43. The van der Waals surface area contributed by atoms with Crippen molar-refractivity contribution in [3.05, 3.63) is 11.5 Å². The maximum atomic E-state index is 5.86. The van der Waals surface area contributed by atoms with E-state index in [1.165, 1.54) is 4.68 Å². The summed E-state index contributed by atoms with van der Waals surface area (Å²) in [5, 5.41) is 0. The number of anilines is 1. The second kappa shape index (κ2) is 3.90. The molecule has 0 unspecified atom stereocenters. The summed E-state index contributed by atoms with van der Waals surface area (Å²) in [6.07, 6.45) is 0.885. The second-order valence-electron chi connectivity index (χ2n) is 4.42. The highest BCUT2D eigenvalue weighted by Gasteiger charge is 2.15. The highest BCUT2D eigenvalue weighted by molar-refractivity contribution is 5.39. The summed E-state index contributed by atoms with van der Waals surface area (Å²) >= 11 is 0. The molecule has 0 amide bonds. The molecule has 0 spiro atoms. The third-order valence-corrected chi connectivity index (χ3v) is 2.17. The Balaban J connectivity index is 3.02. The van der Waals surface area contributed by atoms with Crippen LogP contribution in [-0.2, 0) is 6.42 Å². The van der Waals surface area contributed by atoms with Gasteiger partial charge in [-0.25, -0.2) is 9.66 Å². The van der Waals surface area contributed by atoms with E-state index in [4.69, 9.17) is 11.6 Å². The number of nitrogens with zero attached hydrogens (tertiary/aromatic N) is 2. The summed E-state index contributed by atoms with van der Waals surface area (Å²) in [6.45, 7) is 8.41. The molecule has 1 aromatic rings. The minimum absolute atomic E-state index is 0.309. The van der Waals surface area contributed by atoms with Crippen LogP contribution in [0.2, 0.25) is 0 Å². The van der Waals surface area contributed by atoms with Gasteiger partial charge in [-0.1, -0.05) is 27.7 Å². The van der Waals surface area contributed by atoms with E-state index >= 15 is 0 Å². The average molecular weight is 196 g/mol. The molecule has 0 aliphatic rings. The summed E-state index contributed by atoms with van der Waals surface area (Å²) in [4.78, 5) is 4.46. The highest BCUT2D eigenvalue weighted by atomic mass is 15.4. The fourth-order valence-electron chi connectivity index (χ4n) is 1.46. The lowest BCUT2D eigenvalue weighted by molar-refractivity contribution is 0.636. The lowest BCUT2D eigenvalue weighted by Crippen LogP contribution is -2.16. The van der Waals surface area contributed by atoms with Gasteiger partial charge in [0.05, 0.1) is 5.69 Å². The third kappa shape index (κ3) is 2.00. The zero-order chi connectivity index (χ0) is 10.9. The summed E-state index contributed by atoms with van der Waals surface area (Å²) < 4.78 is 1.50. The molecule has 1 rings (SSSR count). The molecule has 4 nitrogen and oxygen atoms in total. The Morgan fingerprint density at radius 3 is 2.21 bits per heavy atom. The second-order valence-corrected chi connectivity index (χ2v) is 4.42. The number of rotatable bonds is 3. The van der Waals surface area contributed by atoms with Gasteiger partial charge < -0.3 is 11.6 Å². The zero-order valence-corrected chi connectivity index (χ0v) is 9.41. The van der Waals surface area contributed by atoms with Gasteiger partial charge in [-0.05, 0) is 12.3 Å². The van der Waals surface area contributed by atoms with E-state index in [-0.39, 0.29) is 0 Å². The number of aromatic nitrogens is 2. The van der Waals surface area contributed by atoms with E-state index in [0.717, 1.165) is 17.9 Å². The van der Waals surface area contributed by atoms with Crippen LogP contribution in [0.3, 0.4) is 0 Å². The molecule has 1 heterocycles. The number of imidazole rings is 1. The van der Waals surface area contributed by atoms with Crippen LogP contribution in [0.25, 0.3) is 0 Å². The zero-order valence-electron chi connectivity index (χ0n) is 9.41. The molecule has 1 aromatic heterocycles. The van der Waals surface area contributed by atoms with Gasteiger partial charge in [0, 0.05) is 5.92 Å². The van der Waals surface area contributed by atoms with Crippen LogP contribution < -0.4 is 11.6 Å². The molecule has 0 aliphatic heterocycles. The lowest BCUT2D eigenvalue weighted by atomic mass is 10.1. The Morgan fingerprint density at radius 1 is 1.29 bits per heavy atom. The van der Waals surface area contributed by atoms with Crippen LogP contribution in [0, 0.1) is 5.92 Å². The molecule has 0 saturated carbocycles. The van der Waals surface area contributed by atoms with Gasteiger partial charge in [-0.15, -0.1) is 0 Å². The van der Waals surface area contributed by atoms with Crippen molar-refractivity contribution in [1.82, 2.24) is 9.66 Å². The highest BCUT2D eigenvalue weighted by Crippen LogP contribution is 2.20. The first-order valence-corrected chi connectivity index (χ1v) is 5.05. The number of hydrogen-bond acceptors (Lipinski definition) is 3. The molecule has 0 aliphatic carbocycles. The normalized spacial score (nSPS) is 11.6. The van der Waals surface area contributed by atoms with Crippen molar-refractivity contribution in [2.45, 2.75) is 40.0 Å². The third-order valence-electron chi connectivity index (χ3n) is 2.17. The smallest absolute Gasteiger partial charge is 0.146 e. The van der Waals surface area contributed by atoms with Gasteiger partial charge in [-0.2, -0.15) is 0 Å². The van der Waals surface area contributed by atoms with Crippen molar-refractivity contribution in [3.8, 4) is 0 Å². The fourth-order valence-corrected chi connectivity index (χ4v) is 1.46. The summed E-state index contributed by atoms with van der Waals surface area (Å²) in [6, 6.07) is 0. The van der Waals surface area contributed by atoms with E-state index in [0.29, 0.717) is 17.7 Å². The van der Waals surface area contributed by atoms with Crippen LogP contribution in [0.5, 0.6) is 0 Å². The molecule has 0 fully saturated rings. The van der Waals surface area contributed by atoms with E-state index in [1.807, 2.05) is 0 Å². The maximum absolute atomic E-state index is 5.86. The predicted molar refractivity (Wildman–Crippen MR) is 59.4 cm³/mol. The molecule has 0 aromatic carbocycles. The van der Waals surface area contributed by atoms with E-state index in [2.05, 4.69) is 32.7 Å². The Hall–Kier alpha value is -1.19. The number of hydrogen-bond donors (Lipinski definition) is 2. The largest absolute Gasteiger partial charge is 0.382 e. The Labute approximate surface area is 85.3 Å². The lowest BCUT2D eigenvalue weighted by Gasteiger charge is -2.04. The van der Waals surface area contributed by atoms with Crippen LogP contribution in [0.15, 0.2) is 0 Å². The quantitative estimate of drug-likeness (QED) is 0.720. The molecule has 0 radical (unpaired) electrons. The standard InChI is InChI=1S/C10H20N4/c1-6(2)5-8-9(11)14(12)10(13-8)7(3)4/h6-7H,5,11-12H2,1-4H3. The fraction of sp³-hybridized carbons (Fsp3) is 0.700. The maximum Gasteiger partial charge on any atom is 0.146 e. The Bertz CT molecular complexity index is 312. The van der Waals surface area contributed by atoms with Crippen molar-refractivity contribution in [3.63, 3.8) is 0 Å². The van der Waals surface area contributed by atoms with Gasteiger partial charge >= 0.3 is 0 Å². The minimum Gasteiger partial charge on any atom is -0.382 e. The van der Waals surface area contributed by atoms with Crippen molar-refractivity contribution < 1.29 is 0 Å².